The maximum atomic E-state index is 12.4. The van der Waals surface area contributed by atoms with Crippen molar-refractivity contribution in [2.75, 3.05) is 5.75 Å². The van der Waals surface area contributed by atoms with Crippen molar-refractivity contribution in [1.29, 1.82) is 0 Å². The maximum absolute atomic E-state index is 12.4. The molecule has 8 nitrogen and oxygen atoms in total. The first-order valence-corrected chi connectivity index (χ1v) is 11.0. The molecule has 1 amide bonds. The quantitative estimate of drug-likeness (QED) is 0.252. The Morgan fingerprint density at radius 2 is 1.84 bits per heavy atom. The molecule has 4 rings (SSSR count). The number of amides is 1. The van der Waals surface area contributed by atoms with E-state index in [2.05, 4.69) is 30.7 Å². The van der Waals surface area contributed by atoms with E-state index in [9.17, 15) is 4.79 Å². The van der Waals surface area contributed by atoms with Gasteiger partial charge in [-0.3, -0.25) is 19.3 Å². The molecule has 3 heterocycles. The van der Waals surface area contributed by atoms with Crippen LogP contribution in [-0.2, 0) is 4.79 Å². The first-order valence-electron chi connectivity index (χ1n) is 9.60. The third-order valence-electron chi connectivity index (χ3n) is 4.42. The molecule has 1 N–H and O–H groups in total. The molecule has 0 spiro atoms. The summed E-state index contributed by atoms with van der Waals surface area (Å²) < 4.78 is 1.88. The van der Waals surface area contributed by atoms with Crippen LogP contribution in [0.5, 0.6) is 0 Å². The summed E-state index contributed by atoms with van der Waals surface area (Å²) in [7, 11) is 0. The zero-order chi connectivity index (χ0) is 22.3. The molecule has 32 heavy (non-hydrogen) atoms. The average molecular weight is 464 g/mol. The molecule has 10 heteroatoms. The van der Waals surface area contributed by atoms with Crippen LogP contribution in [0.2, 0.25) is 5.02 Å². The Hall–Kier alpha value is -3.56. The number of pyridine rings is 2. The van der Waals surface area contributed by atoms with Crippen molar-refractivity contribution in [1.82, 2.24) is 30.2 Å². The Kier molecular flexibility index (Phi) is 6.88. The lowest BCUT2D eigenvalue weighted by Gasteiger charge is -2.10. The van der Waals surface area contributed by atoms with E-state index in [4.69, 9.17) is 11.6 Å². The fraction of sp³-hybridized carbons (Fsp3) is 0.0909. The van der Waals surface area contributed by atoms with Crippen LogP contribution >= 0.6 is 23.4 Å². The fourth-order valence-electron chi connectivity index (χ4n) is 2.82. The molecule has 0 unspecified atom stereocenters. The normalized spacial score (nSPS) is 11.4. The third-order valence-corrected chi connectivity index (χ3v) is 5.60. The molecule has 0 fully saturated rings. The predicted octanol–water partition coefficient (Wildman–Crippen LogP) is 4.01. The molecule has 0 bridgehead atoms. The van der Waals surface area contributed by atoms with Crippen LogP contribution in [-0.4, -0.2) is 42.1 Å². The van der Waals surface area contributed by atoms with Gasteiger partial charge in [-0.2, -0.15) is 5.10 Å². The minimum atomic E-state index is -0.255. The molecule has 0 radical (unpaired) electrons. The van der Waals surface area contributed by atoms with E-state index < -0.39 is 0 Å². The minimum absolute atomic E-state index is 0.117. The molecule has 0 aliphatic rings. The highest BCUT2D eigenvalue weighted by molar-refractivity contribution is 7.99. The second kappa shape index (κ2) is 10.2. The molecular weight excluding hydrogens is 446 g/mol. The Morgan fingerprint density at radius 3 is 2.56 bits per heavy atom. The van der Waals surface area contributed by atoms with E-state index in [-0.39, 0.29) is 11.7 Å². The van der Waals surface area contributed by atoms with Crippen molar-refractivity contribution in [2.45, 2.75) is 12.1 Å². The number of carbonyl (C=O) groups excluding carboxylic acids is 1. The number of rotatable bonds is 7. The fourth-order valence-corrected chi connectivity index (χ4v) is 3.69. The molecule has 3 aromatic heterocycles. The summed E-state index contributed by atoms with van der Waals surface area (Å²) >= 11 is 7.32. The van der Waals surface area contributed by atoms with Crippen molar-refractivity contribution in [3.05, 3.63) is 83.9 Å². The molecule has 0 aliphatic carbocycles. The van der Waals surface area contributed by atoms with Gasteiger partial charge in [-0.15, -0.1) is 10.2 Å². The van der Waals surface area contributed by atoms with Gasteiger partial charge in [0.15, 0.2) is 11.0 Å². The molecule has 1 aromatic carbocycles. The lowest BCUT2D eigenvalue weighted by molar-refractivity contribution is -0.118. The smallest absolute Gasteiger partial charge is 0.250 e. The lowest BCUT2D eigenvalue weighted by Crippen LogP contribution is -2.21. The Bertz CT molecular complexity index is 1230. The highest BCUT2D eigenvalue weighted by atomic mass is 35.5. The van der Waals surface area contributed by atoms with E-state index in [1.807, 2.05) is 47.9 Å². The number of nitrogens with zero attached hydrogens (tertiary/aromatic N) is 6. The number of halogens is 1. The summed E-state index contributed by atoms with van der Waals surface area (Å²) in [6.45, 7) is 1.81. The van der Waals surface area contributed by atoms with Crippen molar-refractivity contribution in [3.63, 3.8) is 0 Å². The molecule has 160 valence electrons. The maximum Gasteiger partial charge on any atom is 0.250 e. The second-order valence-corrected chi connectivity index (χ2v) is 8.00. The van der Waals surface area contributed by atoms with Crippen molar-refractivity contribution < 1.29 is 4.79 Å². The summed E-state index contributed by atoms with van der Waals surface area (Å²) in [6.07, 6.45) is 6.76. The van der Waals surface area contributed by atoms with Crippen LogP contribution in [0, 0.1) is 0 Å². The summed E-state index contributed by atoms with van der Waals surface area (Å²) in [6, 6.07) is 14.7. The second-order valence-electron chi connectivity index (χ2n) is 6.62. The zero-order valence-electron chi connectivity index (χ0n) is 17.0. The van der Waals surface area contributed by atoms with E-state index in [1.165, 1.54) is 11.8 Å². The molecule has 4 aromatic rings. The minimum Gasteiger partial charge on any atom is -0.272 e. The largest absolute Gasteiger partial charge is 0.272 e. The van der Waals surface area contributed by atoms with Crippen molar-refractivity contribution >= 4 is 35.0 Å². The highest BCUT2D eigenvalue weighted by Crippen LogP contribution is 2.28. The third kappa shape index (κ3) is 5.19. The number of nitrogens with one attached hydrogen (secondary N) is 1. The van der Waals surface area contributed by atoms with Crippen LogP contribution in [0.15, 0.2) is 83.6 Å². The number of hydrazone groups is 1. The van der Waals surface area contributed by atoms with E-state index in [0.29, 0.717) is 21.7 Å². The van der Waals surface area contributed by atoms with E-state index >= 15 is 0 Å². The molecule has 0 saturated heterocycles. The van der Waals surface area contributed by atoms with Gasteiger partial charge in [0.1, 0.15) is 0 Å². The number of aromatic nitrogens is 5. The number of hydrogen-bond donors (Lipinski definition) is 1. The van der Waals surface area contributed by atoms with Gasteiger partial charge in [-0.25, -0.2) is 5.43 Å². The first kappa shape index (κ1) is 21.7. The first-order chi connectivity index (χ1) is 15.6. The van der Waals surface area contributed by atoms with Gasteiger partial charge < -0.3 is 0 Å². The van der Waals surface area contributed by atoms with Gasteiger partial charge in [0.25, 0.3) is 5.91 Å². The van der Waals surface area contributed by atoms with Crippen LogP contribution < -0.4 is 5.43 Å². The summed E-state index contributed by atoms with van der Waals surface area (Å²) in [4.78, 5) is 20.5. The summed E-state index contributed by atoms with van der Waals surface area (Å²) in [5.41, 5.74) is 5.77. The van der Waals surface area contributed by atoms with Crippen molar-refractivity contribution in [2.24, 2.45) is 5.10 Å². The van der Waals surface area contributed by atoms with Crippen LogP contribution in [0.4, 0.5) is 0 Å². The number of carbonyl (C=O) groups is 1. The molecule has 0 saturated carbocycles. The number of benzene rings is 1. The van der Waals surface area contributed by atoms with Gasteiger partial charge in [-0.1, -0.05) is 29.4 Å². The monoisotopic (exact) mass is 463 g/mol. The van der Waals surface area contributed by atoms with Gasteiger partial charge in [0.05, 0.1) is 11.5 Å². The van der Waals surface area contributed by atoms with Gasteiger partial charge >= 0.3 is 0 Å². The molecule has 0 atom stereocenters. The van der Waals surface area contributed by atoms with Crippen LogP contribution in [0.3, 0.4) is 0 Å². The Morgan fingerprint density at radius 1 is 1.06 bits per heavy atom. The van der Waals surface area contributed by atoms with Crippen molar-refractivity contribution in [3.8, 4) is 17.1 Å². The van der Waals surface area contributed by atoms with Gasteiger partial charge in [0, 0.05) is 46.6 Å². The number of thioether (sulfide) groups is 1. The lowest BCUT2D eigenvalue weighted by atomic mass is 10.2. The van der Waals surface area contributed by atoms with Crippen LogP contribution in [0.25, 0.3) is 17.1 Å². The number of hydrogen-bond acceptors (Lipinski definition) is 7. The predicted molar refractivity (Wildman–Crippen MR) is 125 cm³/mol. The standard InChI is InChI=1S/C22H18ClN7OS/c1-15(17-3-2-10-25-13-17)26-27-20(31)14-32-22-29-28-21(16-8-11-24-12-9-16)30(22)19-6-4-18(23)5-7-19/h2-13H,14H2,1H3,(H,27,31). The Labute approximate surface area is 193 Å². The van der Waals surface area contributed by atoms with Gasteiger partial charge in [-0.05, 0) is 49.4 Å². The Balaban J connectivity index is 1.53. The van der Waals surface area contributed by atoms with Gasteiger partial charge in [0.2, 0.25) is 0 Å². The average Bonchev–Trinajstić information content (AvgIpc) is 3.27. The zero-order valence-corrected chi connectivity index (χ0v) is 18.6. The van der Waals surface area contributed by atoms with E-state index in [0.717, 1.165) is 16.8 Å². The topological polar surface area (TPSA) is 98.0 Å². The summed E-state index contributed by atoms with van der Waals surface area (Å²) in [5.74, 6) is 0.503. The summed E-state index contributed by atoms with van der Waals surface area (Å²) in [5, 5.41) is 14.0. The van der Waals surface area contributed by atoms with E-state index in [1.54, 1.807) is 36.9 Å². The van der Waals surface area contributed by atoms with Crippen LogP contribution in [0.1, 0.15) is 12.5 Å². The molecule has 0 aliphatic heterocycles. The molecular formula is C22H18ClN7OS. The highest BCUT2D eigenvalue weighted by Gasteiger charge is 2.17. The SMILES string of the molecule is CC(=NNC(=O)CSc1nnc(-c2ccncc2)n1-c1ccc(Cl)cc1)c1cccnc1.